The van der Waals surface area contributed by atoms with Crippen LogP contribution in [0.4, 0.5) is 4.79 Å². The van der Waals surface area contributed by atoms with E-state index < -0.39 is 0 Å². The van der Waals surface area contributed by atoms with Gasteiger partial charge < -0.3 is 15.0 Å². The van der Waals surface area contributed by atoms with Crippen LogP contribution in [0.2, 0.25) is 0 Å². The molecular formula is C11H20N2O2. The van der Waals surface area contributed by atoms with Gasteiger partial charge in [-0.25, -0.2) is 4.79 Å². The van der Waals surface area contributed by atoms with E-state index in [2.05, 4.69) is 5.32 Å². The third kappa shape index (κ3) is 3.09. The highest BCUT2D eigenvalue weighted by atomic mass is 16.5. The Morgan fingerprint density at radius 3 is 2.93 bits per heavy atom. The summed E-state index contributed by atoms with van der Waals surface area (Å²) in [6.07, 6.45) is 3.91. The summed E-state index contributed by atoms with van der Waals surface area (Å²) >= 11 is 0. The quantitative estimate of drug-likeness (QED) is 0.761. The first-order chi connectivity index (χ1) is 7.29. The minimum atomic E-state index is 0.0509. The molecule has 2 fully saturated rings. The highest BCUT2D eigenvalue weighted by Gasteiger charge is 2.29. The Morgan fingerprint density at radius 1 is 1.47 bits per heavy atom. The third-order valence-electron chi connectivity index (χ3n) is 3.02. The fourth-order valence-corrected chi connectivity index (χ4v) is 1.87. The molecule has 15 heavy (non-hydrogen) atoms. The second-order valence-electron chi connectivity index (χ2n) is 4.47. The summed E-state index contributed by atoms with van der Waals surface area (Å²) in [5.74, 6) is 0.809. The number of likely N-dealkylation sites (tertiary alicyclic amines) is 1. The number of ether oxygens (including phenoxy) is 1. The van der Waals surface area contributed by atoms with Crippen LogP contribution in [-0.2, 0) is 4.74 Å². The first kappa shape index (κ1) is 10.7. The fraction of sp³-hybridized carbons (Fsp3) is 0.909. The van der Waals surface area contributed by atoms with Gasteiger partial charge in [-0.15, -0.1) is 0 Å². The Morgan fingerprint density at radius 2 is 2.27 bits per heavy atom. The smallest absolute Gasteiger partial charge is 0.317 e. The molecule has 0 aromatic carbocycles. The molecule has 2 rings (SSSR count). The maximum absolute atomic E-state index is 11.5. The first-order valence-corrected chi connectivity index (χ1v) is 5.94. The number of hydrogen-bond donors (Lipinski definition) is 1. The average molecular weight is 212 g/mol. The van der Waals surface area contributed by atoms with E-state index in [0.717, 1.165) is 32.0 Å². The van der Waals surface area contributed by atoms with Crippen molar-refractivity contribution in [2.24, 2.45) is 5.92 Å². The summed E-state index contributed by atoms with van der Waals surface area (Å²) in [6.45, 7) is 5.13. The van der Waals surface area contributed by atoms with Crippen molar-refractivity contribution in [3.05, 3.63) is 0 Å². The van der Waals surface area contributed by atoms with Crippen molar-refractivity contribution >= 4 is 6.03 Å². The number of urea groups is 1. The predicted octanol–water partition coefficient (Wildman–Crippen LogP) is 1.22. The lowest BCUT2D eigenvalue weighted by atomic mass is 10.3. The molecule has 0 aromatic heterocycles. The molecule has 1 atom stereocenters. The van der Waals surface area contributed by atoms with Gasteiger partial charge in [-0.3, -0.25) is 0 Å². The highest BCUT2D eigenvalue weighted by Crippen LogP contribution is 2.29. The van der Waals surface area contributed by atoms with Gasteiger partial charge in [0, 0.05) is 26.2 Å². The van der Waals surface area contributed by atoms with Crippen LogP contribution in [0.5, 0.6) is 0 Å². The molecule has 2 amide bonds. The van der Waals surface area contributed by atoms with Gasteiger partial charge in [0.05, 0.1) is 6.10 Å². The van der Waals surface area contributed by atoms with Crippen LogP contribution in [0.3, 0.4) is 0 Å². The molecule has 1 saturated carbocycles. The molecule has 0 spiro atoms. The summed E-state index contributed by atoms with van der Waals surface area (Å²) in [5, 5.41) is 2.82. The highest BCUT2D eigenvalue weighted by molar-refractivity contribution is 5.74. The van der Waals surface area contributed by atoms with E-state index in [0.29, 0.717) is 6.54 Å². The van der Waals surface area contributed by atoms with E-state index in [-0.39, 0.29) is 12.1 Å². The van der Waals surface area contributed by atoms with Crippen molar-refractivity contribution < 1.29 is 9.53 Å². The maximum atomic E-state index is 11.5. The second kappa shape index (κ2) is 4.84. The molecule has 4 heteroatoms. The molecule has 1 N–H and O–H groups in total. The molecule has 1 unspecified atom stereocenters. The van der Waals surface area contributed by atoms with Crippen molar-refractivity contribution in [1.82, 2.24) is 10.2 Å². The standard InChI is InChI=1S/C11H20N2O2/c1-2-12-11(14)13-6-5-10(7-13)15-8-9-3-4-9/h9-10H,2-8H2,1H3,(H,12,14). The average Bonchev–Trinajstić information content (AvgIpc) is 2.93. The molecule has 0 radical (unpaired) electrons. The van der Waals surface area contributed by atoms with Gasteiger partial charge in [0.1, 0.15) is 0 Å². The molecule has 0 bridgehead atoms. The van der Waals surface area contributed by atoms with Crippen molar-refractivity contribution in [3.8, 4) is 0 Å². The molecule has 1 heterocycles. The molecule has 4 nitrogen and oxygen atoms in total. The zero-order chi connectivity index (χ0) is 10.7. The summed E-state index contributed by atoms with van der Waals surface area (Å²) < 4.78 is 5.76. The summed E-state index contributed by atoms with van der Waals surface area (Å²) in [5.41, 5.74) is 0. The molecule has 1 aliphatic heterocycles. The van der Waals surface area contributed by atoms with Crippen molar-refractivity contribution in [2.45, 2.75) is 32.3 Å². The molecule has 1 aliphatic carbocycles. The van der Waals surface area contributed by atoms with Gasteiger partial charge in [-0.05, 0) is 32.1 Å². The lowest BCUT2D eigenvalue weighted by Gasteiger charge is -2.16. The van der Waals surface area contributed by atoms with Crippen LogP contribution in [0.1, 0.15) is 26.2 Å². The molecular weight excluding hydrogens is 192 g/mol. The van der Waals surface area contributed by atoms with Crippen LogP contribution in [0.15, 0.2) is 0 Å². The van der Waals surface area contributed by atoms with Gasteiger partial charge >= 0.3 is 6.03 Å². The van der Waals surface area contributed by atoms with Gasteiger partial charge in [0.2, 0.25) is 0 Å². The summed E-state index contributed by atoms with van der Waals surface area (Å²) in [4.78, 5) is 13.3. The number of hydrogen-bond acceptors (Lipinski definition) is 2. The van der Waals surface area contributed by atoms with E-state index >= 15 is 0 Å². The van der Waals surface area contributed by atoms with E-state index in [1.165, 1.54) is 12.8 Å². The predicted molar refractivity (Wildman–Crippen MR) is 57.7 cm³/mol. The van der Waals surface area contributed by atoms with Crippen LogP contribution in [-0.4, -0.2) is 43.3 Å². The fourth-order valence-electron chi connectivity index (χ4n) is 1.87. The van der Waals surface area contributed by atoms with Gasteiger partial charge in [0.15, 0.2) is 0 Å². The van der Waals surface area contributed by atoms with Crippen molar-refractivity contribution in [2.75, 3.05) is 26.2 Å². The Kier molecular flexibility index (Phi) is 3.46. The van der Waals surface area contributed by atoms with Crippen LogP contribution < -0.4 is 5.32 Å². The normalized spacial score (nSPS) is 25.7. The zero-order valence-electron chi connectivity index (χ0n) is 9.37. The van der Waals surface area contributed by atoms with E-state index in [4.69, 9.17) is 4.74 Å². The number of nitrogens with one attached hydrogen (secondary N) is 1. The number of nitrogens with zero attached hydrogens (tertiary/aromatic N) is 1. The summed E-state index contributed by atoms with van der Waals surface area (Å²) in [7, 11) is 0. The lowest BCUT2D eigenvalue weighted by molar-refractivity contribution is 0.0539. The summed E-state index contributed by atoms with van der Waals surface area (Å²) in [6, 6.07) is 0.0509. The van der Waals surface area contributed by atoms with Crippen molar-refractivity contribution in [3.63, 3.8) is 0 Å². The van der Waals surface area contributed by atoms with Crippen LogP contribution in [0, 0.1) is 5.92 Å². The monoisotopic (exact) mass is 212 g/mol. The molecule has 86 valence electrons. The molecule has 0 aromatic rings. The largest absolute Gasteiger partial charge is 0.376 e. The number of carbonyl (C=O) groups excluding carboxylic acids is 1. The number of rotatable bonds is 4. The van der Waals surface area contributed by atoms with Gasteiger partial charge in [-0.1, -0.05) is 0 Å². The minimum Gasteiger partial charge on any atom is -0.376 e. The van der Waals surface area contributed by atoms with Crippen LogP contribution in [0.25, 0.3) is 0 Å². The lowest BCUT2D eigenvalue weighted by Crippen LogP contribution is -2.38. The Labute approximate surface area is 91.0 Å². The van der Waals surface area contributed by atoms with E-state index in [1.807, 2.05) is 11.8 Å². The Hall–Kier alpha value is -0.770. The third-order valence-corrected chi connectivity index (χ3v) is 3.02. The molecule has 1 saturated heterocycles. The number of carbonyl (C=O) groups is 1. The van der Waals surface area contributed by atoms with Crippen molar-refractivity contribution in [1.29, 1.82) is 0 Å². The minimum absolute atomic E-state index is 0.0509. The first-order valence-electron chi connectivity index (χ1n) is 5.94. The maximum Gasteiger partial charge on any atom is 0.317 e. The zero-order valence-corrected chi connectivity index (χ0v) is 9.37. The van der Waals surface area contributed by atoms with Crippen LogP contribution >= 0.6 is 0 Å². The Balaban J connectivity index is 1.66. The van der Waals surface area contributed by atoms with Gasteiger partial charge in [0.25, 0.3) is 0 Å². The SMILES string of the molecule is CCNC(=O)N1CCC(OCC2CC2)C1. The van der Waals surface area contributed by atoms with Gasteiger partial charge in [-0.2, -0.15) is 0 Å². The Bertz CT molecular complexity index is 229. The van der Waals surface area contributed by atoms with E-state index in [9.17, 15) is 4.79 Å². The van der Waals surface area contributed by atoms with E-state index in [1.54, 1.807) is 0 Å². The molecule has 2 aliphatic rings. The number of amides is 2. The second-order valence-corrected chi connectivity index (χ2v) is 4.47. The topological polar surface area (TPSA) is 41.6 Å².